The van der Waals surface area contributed by atoms with E-state index in [1.54, 1.807) is 31.2 Å². The first-order valence-corrected chi connectivity index (χ1v) is 11.9. The van der Waals surface area contributed by atoms with E-state index >= 15 is 0 Å². The second kappa shape index (κ2) is 9.65. The molecule has 1 unspecified atom stereocenters. The Balaban J connectivity index is 1.89. The molecule has 1 heterocycles. The molecule has 4 rings (SSSR count). The summed E-state index contributed by atoms with van der Waals surface area (Å²) < 4.78 is 13.9. The number of aliphatic hydroxyl groups excluding tert-OH is 1. The molecule has 0 bridgehead atoms. The number of rotatable bonds is 5. The second-order valence-electron chi connectivity index (χ2n) is 10.2. The predicted molar refractivity (Wildman–Crippen MR) is 139 cm³/mol. The molecule has 1 aliphatic heterocycles. The molecule has 0 aromatic heterocycles. The van der Waals surface area contributed by atoms with E-state index < -0.39 is 35.3 Å². The van der Waals surface area contributed by atoms with Crippen molar-refractivity contribution in [1.82, 2.24) is 0 Å². The van der Waals surface area contributed by atoms with Gasteiger partial charge in [0.15, 0.2) is 0 Å². The van der Waals surface area contributed by atoms with Crippen LogP contribution in [0.3, 0.4) is 0 Å². The van der Waals surface area contributed by atoms with Crippen molar-refractivity contribution in [2.75, 3.05) is 4.90 Å². The normalized spacial score (nSPS) is 17.3. The number of Topliss-reactive ketones (excluding diaryl/α,β-unsaturated/α-hetero) is 1. The molecular weight excluding hydrogens is 473 g/mol. The van der Waals surface area contributed by atoms with Gasteiger partial charge in [0.2, 0.25) is 0 Å². The van der Waals surface area contributed by atoms with Crippen molar-refractivity contribution >= 4 is 29.1 Å². The van der Waals surface area contributed by atoms with Crippen molar-refractivity contribution in [3.63, 3.8) is 0 Å². The van der Waals surface area contributed by atoms with Crippen molar-refractivity contribution in [1.29, 1.82) is 0 Å². The van der Waals surface area contributed by atoms with Gasteiger partial charge in [-0.25, -0.2) is 4.39 Å². The van der Waals surface area contributed by atoms with Crippen LogP contribution in [-0.4, -0.2) is 27.9 Å². The number of carboxylic acid groups (broad SMARTS) is 1. The zero-order chi connectivity index (χ0) is 27.1. The van der Waals surface area contributed by atoms with Gasteiger partial charge in [0.05, 0.1) is 18.0 Å². The Kier molecular flexibility index (Phi) is 6.74. The van der Waals surface area contributed by atoms with E-state index in [1.165, 1.54) is 23.1 Å². The minimum absolute atomic E-state index is 0.103. The van der Waals surface area contributed by atoms with E-state index in [0.717, 1.165) is 5.56 Å². The van der Waals surface area contributed by atoms with Gasteiger partial charge < -0.3 is 10.2 Å². The van der Waals surface area contributed by atoms with E-state index in [-0.39, 0.29) is 23.0 Å². The molecule has 1 fully saturated rings. The van der Waals surface area contributed by atoms with Crippen LogP contribution in [-0.2, 0) is 26.2 Å². The average Bonchev–Trinajstić information content (AvgIpc) is 3.10. The molecule has 1 atom stereocenters. The minimum atomic E-state index is -0.985. The van der Waals surface area contributed by atoms with Gasteiger partial charge in [-0.3, -0.25) is 19.3 Å². The highest BCUT2D eigenvalue weighted by Crippen LogP contribution is 2.42. The van der Waals surface area contributed by atoms with Gasteiger partial charge >= 0.3 is 5.97 Å². The van der Waals surface area contributed by atoms with Gasteiger partial charge in [-0.2, -0.15) is 0 Å². The number of aliphatic hydroxyl groups is 1. The number of amides is 1. The Bertz CT molecular complexity index is 1420. The van der Waals surface area contributed by atoms with Crippen LogP contribution in [0.2, 0.25) is 0 Å². The lowest BCUT2D eigenvalue weighted by molar-refractivity contribution is -0.136. The lowest BCUT2D eigenvalue weighted by Crippen LogP contribution is -2.29. The number of benzene rings is 3. The summed E-state index contributed by atoms with van der Waals surface area (Å²) in [5.41, 5.74) is 2.89. The zero-order valence-electron chi connectivity index (χ0n) is 21.1. The third kappa shape index (κ3) is 5.03. The zero-order valence-corrected chi connectivity index (χ0v) is 21.1. The molecule has 2 N–H and O–H groups in total. The van der Waals surface area contributed by atoms with E-state index in [2.05, 4.69) is 20.8 Å². The second-order valence-corrected chi connectivity index (χ2v) is 10.2. The number of aryl methyl sites for hydroxylation is 1. The quantitative estimate of drug-likeness (QED) is 0.266. The standard InChI is InChI=1S/C30H28FNO5/c1-17-15-20(9-14-23(17)31)27(35)25-26(19-7-10-21(11-8-19)30(2,3)4)32(29(37)28(25)36)22-12-5-18(6-13-22)16-24(33)34/h5-15,26,35H,16H2,1-4H3,(H,33,34)/b27-25-. The molecule has 1 amide bonds. The first-order chi connectivity index (χ1) is 17.4. The number of anilines is 1. The summed E-state index contributed by atoms with van der Waals surface area (Å²) in [6.45, 7) is 7.77. The number of halogens is 1. The van der Waals surface area contributed by atoms with Crippen LogP contribution < -0.4 is 4.90 Å². The van der Waals surface area contributed by atoms with Crippen LogP contribution in [0.4, 0.5) is 10.1 Å². The summed E-state index contributed by atoms with van der Waals surface area (Å²) in [6.07, 6.45) is -0.180. The maximum Gasteiger partial charge on any atom is 0.307 e. The molecular formula is C30H28FNO5. The molecule has 37 heavy (non-hydrogen) atoms. The minimum Gasteiger partial charge on any atom is -0.507 e. The molecule has 6 nitrogen and oxygen atoms in total. The van der Waals surface area contributed by atoms with E-state index in [0.29, 0.717) is 22.4 Å². The van der Waals surface area contributed by atoms with Crippen molar-refractivity contribution in [2.45, 2.75) is 45.6 Å². The van der Waals surface area contributed by atoms with Crippen molar-refractivity contribution in [3.8, 4) is 0 Å². The largest absolute Gasteiger partial charge is 0.507 e. The van der Waals surface area contributed by atoms with E-state index in [4.69, 9.17) is 5.11 Å². The number of hydrogen-bond acceptors (Lipinski definition) is 4. The Labute approximate surface area is 214 Å². The number of aliphatic carboxylic acids is 1. The van der Waals surface area contributed by atoms with Gasteiger partial charge in [-0.1, -0.05) is 57.2 Å². The number of ketones is 1. The maximum absolute atomic E-state index is 13.9. The van der Waals surface area contributed by atoms with Crippen LogP contribution in [0.25, 0.3) is 5.76 Å². The smallest absolute Gasteiger partial charge is 0.307 e. The molecule has 0 radical (unpaired) electrons. The van der Waals surface area contributed by atoms with Gasteiger partial charge in [0, 0.05) is 11.3 Å². The molecule has 190 valence electrons. The third-order valence-electron chi connectivity index (χ3n) is 6.54. The molecule has 7 heteroatoms. The van der Waals surface area contributed by atoms with Crippen LogP contribution in [0, 0.1) is 12.7 Å². The summed E-state index contributed by atoms with van der Waals surface area (Å²) in [5, 5.41) is 20.3. The fourth-order valence-corrected chi connectivity index (χ4v) is 4.48. The molecule has 0 saturated carbocycles. The number of hydrogen-bond donors (Lipinski definition) is 2. The summed E-state index contributed by atoms with van der Waals surface area (Å²) in [7, 11) is 0. The van der Waals surface area contributed by atoms with E-state index in [9.17, 15) is 23.9 Å². The molecule has 3 aromatic carbocycles. The highest BCUT2D eigenvalue weighted by atomic mass is 19.1. The number of carbonyl (C=O) groups excluding carboxylic acids is 2. The van der Waals surface area contributed by atoms with Crippen LogP contribution in [0.15, 0.2) is 72.3 Å². The molecule has 1 saturated heterocycles. The summed E-state index contributed by atoms with van der Waals surface area (Å²) in [4.78, 5) is 39.0. The number of nitrogens with zero attached hydrogens (tertiary/aromatic N) is 1. The summed E-state index contributed by atoms with van der Waals surface area (Å²) >= 11 is 0. The van der Waals surface area contributed by atoms with Crippen molar-refractivity contribution < 1.29 is 29.0 Å². The lowest BCUT2D eigenvalue weighted by atomic mass is 9.85. The van der Waals surface area contributed by atoms with Gasteiger partial charge in [0.25, 0.3) is 11.7 Å². The predicted octanol–water partition coefficient (Wildman–Crippen LogP) is 5.69. The maximum atomic E-state index is 13.9. The summed E-state index contributed by atoms with van der Waals surface area (Å²) in [6, 6.07) is 16.9. The van der Waals surface area contributed by atoms with Gasteiger partial charge in [-0.05, 0) is 64.9 Å². The fourth-order valence-electron chi connectivity index (χ4n) is 4.48. The van der Waals surface area contributed by atoms with E-state index in [1.807, 2.05) is 24.3 Å². The first-order valence-electron chi connectivity index (χ1n) is 11.9. The number of carboxylic acids is 1. The third-order valence-corrected chi connectivity index (χ3v) is 6.54. The average molecular weight is 502 g/mol. The highest BCUT2D eigenvalue weighted by molar-refractivity contribution is 6.51. The number of carbonyl (C=O) groups is 3. The first kappa shape index (κ1) is 25.8. The fraction of sp³-hybridized carbons (Fsp3) is 0.233. The molecule has 3 aromatic rings. The Morgan fingerprint density at radius 1 is 0.946 bits per heavy atom. The molecule has 1 aliphatic rings. The van der Waals surface area contributed by atoms with Crippen LogP contribution in [0.1, 0.15) is 54.6 Å². The Morgan fingerprint density at radius 2 is 1.57 bits per heavy atom. The van der Waals surface area contributed by atoms with Crippen LogP contribution >= 0.6 is 0 Å². The van der Waals surface area contributed by atoms with Gasteiger partial charge in [-0.15, -0.1) is 0 Å². The Morgan fingerprint density at radius 3 is 2.11 bits per heavy atom. The monoisotopic (exact) mass is 501 g/mol. The van der Waals surface area contributed by atoms with Crippen molar-refractivity contribution in [3.05, 3.63) is 106 Å². The Hall–Kier alpha value is -4.26. The molecule has 0 spiro atoms. The topological polar surface area (TPSA) is 94.9 Å². The lowest BCUT2D eigenvalue weighted by Gasteiger charge is -2.27. The summed E-state index contributed by atoms with van der Waals surface area (Å²) in [5.74, 6) is -3.51. The van der Waals surface area contributed by atoms with Crippen molar-refractivity contribution in [2.24, 2.45) is 0 Å². The highest BCUT2D eigenvalue weighted by Gasteiger charge is 2.47. The SMILES string of the molecule is Cc1cc(/C(O)=C2/C(=O)C(=O)N(c3ccc(CC(=O)O)cc3)C2c2ccc(C(C)(C)C)cc2)ccc1F. The van der Waals surface area contributed by atoms with Gasteiger partial charge in [0.1, 0.15) is 11.6 Å². The van der Waals surface area contributed by atoms with Crippen LogP contribution in [0.5, 0.6) is 0 Å². The molecule has 0 aliphatic carbocycles.